The van der Waals surface area contributed by atoms with Crippen molar-refractivity contribution in [2.75, 3.05) is 45.6 Å². The van der Waals surface area contributed by atoms with Gasteiger partial charge in [0.05, 0.1) is 11.5 Å². The van der Waals surface area contributed by atoms with E-state index in [1.54, 1.807) is 36.4 Å². The Labute approximate surface area is 186 Å². The number of hydrogen-bond acceptors (Lipinski definition) is 6. The average Bonchev–Trinajstić information content (AvgIpc) is 2.72. The fraction of sp³-hybridized carbons (Fsp3) is 0.455. The number of halogens is 3. The molecule has 0 aliphatic carbocycles. The monoisotopic (exact) mass is 472 g/mol. The molecule has 1 heterocycles. The zero-order chi connectivity index (χ0) is 23.2. The molecule has 0 unspecified atom stereocenters. The molecule has 10 heteroatoms. The topological polar surface area (TPSA) is 59.1 Å². The molecular formula is C22H27F3N2O4S. The molecule has 0 saturated carbocycles. The number of piperazine rings is 1. The summed E-state index contributed by atoms with van der Waals surface area (Å²) in [5, 5.41) is 0. The van der Waals surface area contributed by atoms with Crippen LogP contribution in [-0.4, -0.2) is 70.2 Å². The summed E-state index contributed by atoms with van der Waals surface area (Å²) in [6.07, 6.45) is -2.65. The lowest BCUT2D eigenvalue weighted by Gasteiger charge is -2.34. The molecule has 1 fully saturated rings. The summed E-state index contributed by atoms with van der Waals surface area (Å²) in [7, 11) is -3.21. The Morgan fingerprint density at radius 2 is 1.44 bits per heavy atom. The normalized spacial score (nSPS) is 16.1. The van der Waals surface area contributed by atoms with E-state index in [4.69, 9.17) is 4.74 Å². The number of rotatable bonds is 9. The SMILES string of the molecule is CS(=O)(=O)c1ccc(OCCCN2CCN(Cc3ccc(OC(F)(F)F)cc3)CC2)cc1. The second-order valence-electron chi connectivity index (χ2n) is 7.76. The Balaban J connectivity index is 1.33. The van der Waals surface area contributed by atoms with Gasteiger partial charge in [0.15, 0.2) is 9.84 Å². The van der Waals surface area contributed by atoms with Crippen LogP contribution < -0.4 is 9.47 Å². The minimum Gasteiger partial charge on any atom is -0.494 e. The average molecular weight is 473 g/mol. The van der Waals surface area contributed by atoms with Gasteiger partial charge in [0.25, 0.3) is 0 Å². The van der Waals surface area contributed by atoms with Crippen molar-refractivity contribution in [1.82, 2.24) is 9.80 Å². The van der Waals surface area contributed by atoms with Gasteiger partial charge in [0.2, 0.25) is 0 Å². The molecule has 2 aromatic rings. The lowest BCUT2D eigenvalue weighted by atomic mass is 10.2. The number of nitrogens with zero attached hydrogens (tertiary/aromatic N) is 2. The van der Waals surface area contributed by atoms with Crippen molar-refractivity contribution in [2.45, 2.75) is 24.2 Å². The van der Waals surface area contributed by atoms with Gasteiger partial charge in [-0.1, -0.05) is 12.1 Å². The predicted molar refractivity (Wildman–Crippen MR) is 115 cm³/mol. The zero-order valence-corrected chi connectivity index (χ0v) is 18.7. The van der Waals surface area contributed by atoms with E-state index in [9.17, 15) is 21.6 Å². The summed E-state index contributed by atoms with van der Waals surface area (Å²) in [5.74, 6) is 0.438. The maximum Gasteiger partial charge on any atom is 0.573 e. The maximum absolute atomic E-state index is 12.2. The number of ether oxygens (including phenoxy) is 2. The standard InChI is InChI=1S/C22H27F3N2O4S/c1-32(28,29)21-9-7-19(8-10-21)30-16-2-11-26-12-14-27(15-13-26)17-18-3-5-20(6-4-18)31-22(23,24)25/h3-10H,2,11-17H2,1H3. The van der Waals surface area contributed by atoms with Crippen LogP contribution in [0.1, 0.15) is 12.0 Å². The third-order valence-corrected chi connectivity index (χ3v) is 6.30. The quantitative estimate of drug-likeness (QED) is 0.520. The van der Waals surface area contributed by atoms with Gasteiger partial charge >= 0.3 is 6.36 Å². The molecule has 176 valence electrons. The van der Waals surface area contributed by atoms with Crippen LogP contribution in [0.15, 0.2) is 53.4 Å². The third-order valence-electron chi connectivity index (χ3n) is 5.17. The van der Waals surface area contributed by atoms with E-state index in [2.05, 4.69) is 14.5 Å². The van der Waals surface area contributed by atoms with Crippen LogP contribution in [0.5, 0.6) is 11.5 Å². The minimum absolute atomic E-state index is 0.209. The van der Waals surface area contributed by atoms with Crippen LogP contribution >= 0.6 is 0 Å². The molecular weight excluding hydrogens is 445 g/mol. The molecule has 6 nitrogen and oxygen atoms in total. The molecule has 32 heavy (non-hydrogen) atoms. The number of sulfone groups is 1. The van der Waals surface area contributed by atoms with Crippen molar-refractivity contribution in [3.05, 3.63) is 54.1 Å². The maximum atomic E-state index is 12.2. The summed E-state index contributed by atoms with van der Waals surface area (Å²) in [4.78, 5) is 4.90. The van der Waals surface area contributed by atoms with E-state index in [0.717, 1.165) is 44.7 Å². The summed E-state index contributed by atoms with van der Waals surface area (Å²) in [6, 6.07) is 12.4. The van der Waals surface area contributed by atoms with E-state index in [1.165, 1.54) is 18.4 Å². The van der Waals surface area contributed by atoms with Gasteiger partial charge in [0, 0.05) is 45.5 Å². The van der Waals surface area contributed by atoms with Crippen LogP contribution in [0, 0.1) is 0 Å². The molecule has 3 rings (SSSR count). The van der Waals surface area contributed by atoms with Crippen LogP contribution in [0.4, 0.5) is 13.2 Å². The molecule has 0 atom stereocenters. The molecule has 0 N–H and O–H groups in total. The van der Waals surface area contributed by atoms with Crippen molar-refractivity contribution in [3.8, 4) is 11.5 Å². The Morgan fingerprint density at radius 3 is 2.00 bits per heavy atom. The minimum atomic E-state index is -4.67. The lowest BCUT2D eigenvalue weighted by molar-refractivity contribution is -0.274. The number of benzene rings is 2. The Hall–Kier alpha value is -2.30. The molecule has 1 aliphatic rings. The van der Waals surface area contributed by atoms with Crippen LogP contribution in [-0.2, 0) is 16.4 Å². The molecule has 0 radical (unpaired) electrons. The highest BCUT2D eigenvalue weighted by atomic mass is 32.2. The second-order valence-corrected chi connectivity index (χ2v) is 9.77. The number of alkyl halides is 3. The second kappa shape index (κ2) is 10.5. The van der Waals surface area contributed by atoms with Crippen molar-refractivity contribution in [2.24, 2.45) is 0 Å². The first kappa shape index (κ1) is 24.3. The summed E-state index contributed by atoms with van der Waals surface area (Å²) in [5.41, 5.74) is 0.947. The highest BCUT2D eigenvalue weighted by Crippen LogP contribution is 2.23. The molecule has 1 aliphatic heterocycles. The number of hydrogen-bond donors (Lipinski definition) is 0. The highest BCUT2D eigenvalue weighted by Gasteiger charge is 2.31. The van der Waals surface area contributed by atoms with Gasteiger partial charge in [-0.15, -0.1) is 13.2 Å². The first-order valence-electron chi connectivity index (χ1n) is 10.3. The summed E-state index contributed by atoms with van der Waals surface area (Å²) < 4.78 is 69.3. The molecule has 0 amide bonds. The smallest absolute Gasteiger partial charge is 0.494 e. The molecule has 0 bridgehead atoms. The van der Waals surface area contributed by atoms with Gasteiger partial charge in [-0.25, -0.2) is 8.42 Å². The van der Waals surface area contributed by atoms with Gasteiger partial charge < -0.3 is 14.4 Å². The summed E-state index contributed by atoms with van der Waals surface area (Å²) in [6.45, 7) is 5.73. The zero-order valence-electron chi connectivity index (χ0n) is 17.8. The van der Waals surface area contributed by atoms with E-state index in [0.29, 0.717) is 18.9 Å². The van der Waals surface area contributed by atoms with E-state index in [1.807, 2.05) is 0 Å². The van der Waals surface area contributed by atoms with Crippen molar-refractivity contribution < 1.29 is 31.1 Å². The predicted octanol–water partition coefficient (Wildman–Crippen LogP) is 3.58. The van der Waals surface area contributed by atoms with E-state index >= 15 is 0 Å². The molecule has 0 spiro atoms. The van der Waals surface area contributed by atoms with Gasteiger partial charge in [-0.05, 0) is 48.4 Å². The first-order chi connectivity index (χ1) is 15.1. The van der Waals surface area contributed by atoms with Crippen molar-refractivity contribution in [1.29, 1.82) is 0 Å². The van der Waals surface area contributed by atoms with E-state index in [-0.39, 0.29) is 10.6 Å². The molecule has 0 aromatic heterocycles. The Bertz CT molecular complexity index is 956. The van der Waals surface area contributed by atoms with Gasteiger partial charge in [0.1, 0.15) is 11.5 Å². The van der Waals surface area contributed by atoms with Crippen LogP contribution in [0.25, 0.3) is 0 Å². The fourth-order valence-corrected chi connectivity index (χ4v) is 4.12. The van der Waals surface area contributed by atoms with Crippen LogP contribution in [0.3, 0.4) is 0 Å². The van der Waals surface area contributed by atoms with E-state index < -0.39 is 16.2 Å². The molecule has 2 aromatic carbocycles. The first-order valence-corrected chi connectivity index (χ1v) is 12.2. The highest BCUT2D eigenvalue weighted by molar-refractivity contribution is 7.90. The lowest BCUT2D eigenvalue weighted by Crippen LogP contribution is -2.46. The third kappa shape index (κ3) is 7.99. The van der Waals surface area contributed by atoms with Crippen molar-refractivity contribution >= 4 is 9.84 Å². The van der Waals surface area contributed by atoms with Gasteiger partial charge in [-0.3, -0.25) is 4.90 Å². The van der Waals surface area contributed by atoms with Crippen molar-refractivity contribution in [3.63, 3.8) is 0 Å². The Kier molecular flexibility index (Phi) is 8.02. The fourth-order valence-electron chi connectivity index (χ4n) is 3.49. The van der Waals surface area contributed by atoms with Crippen LogP contribution in [0.2, 0.25) is 0 Å². The molecule has 1 saturated heterocycles. The largest absolute Gasteiger partial charge is 0.573 e. The Morgan fingerprint density at radius 1 is 0.875 bits per heavy atom. The summed E-state index contributed by atoms with van der Waals surface area (Å²) >= 11 is 0. The van der Waals surface area contributed by atoms with Gasteiger partial charge in [-0.2, -0.15) is 0 Å².